The molecule has 22 heavy (non-hydrogen) atoms. The van der Waals surface area contributed by atoms with Crippen LogP contribution in [0.4, 0.5) is 0 Å². The molecule has 0 saturated carbocycles. The van der Waals surface area contributed by atoms with E-state index in [0.29, 0.717) is 19.6 Å². The zero-order chi connectivity index (χ0) is 14.5. The molecule has 0 aromatic carbocycles. The third kappa shape index (κ3) is 4.82. The molecule has 1 N–H and O–H groups in total. The Hall–Kier alpha value is -0.360. The molecule has 0 radical (unpaired) electrons. The van der Waals surface area contributed by atoms with Crippen molar-refractivity contribution in [3.05, 3.63) is 0 Å². The van der Waals surface area contributed by atoms with Crippen LogP contribution < -0.4 is 5.32 Å². The highest BCUT2D eigenvalue weighted by molar-refractivity contribution is 5.85. The summed E-state index contributed by atoms with van der Waals surface area (Å²) in [6, 6.07) is 0. The van der Waals surface area contributed by atoms with E-state index < -0.39 is 0 Å². The zero-order valence-electron chi connectivity index (χ0n) is 13.3. The Morgan fingerprint density at radius 1 is 1.18 bits per heavy atom. The molecule has 128 valence electrons. The normalized spacial score (nSPS) is 31.5. The Labute approximate surface area is 139 Å². The van der Waals surface area contributed by atoms with Crippen LogP contribution in [0.3, 0.4) is 0 Å². The van der Waals surface area contributed by atoms with Crippen LogP contribution in [0.15, 0.2) is 0 Å². The minimum Gasteiger partial charge on any atom is -0.378 e. The van der Waals surface area contributed by atoms with E-state index in [0.717, 1.165) is 70.3 Å². The summed E-state index contributed by atoms with van der Waals surface area (Å²) in [5.74, 6) is 1.81. The molecular formula is C16H29ClN2O3. The van der Waals surface area contributed by atoms with Crippen molar-refractivity contribution < 1.29 is 14.3 Å². The fraction of sp³-hybridized carbons (Fsp3) is 0.938. The van der Waals surface area contributed by atoms with E-state index in [1.54, 1.807) is 0 Å². The maximum Gasteiger partial charge on any atom is 0.224 e. The van der Waals surface area contributed by atoms with Crippen LogP contribution in [0.25, 0.3) is 0 Å². The summed E-state index contributed by atoms with van der Waals surface area (Å²) >= 11 is 0. The predicted molar refractivity (Wildman–Crippen MR) is 87.3 cm³/mol. The average Bonchev–Trinajstić information content (AvgIpc) is 3.12. The monoisotopic (exact) mass is 332 g/mol. The molecule has 3 aliphatic rings. The van der Waals surface area contributed by atoms with Crippen molar-refractivity contribution in [2.24, 2.45) is 11.8 Å². The molecule has 0 bridgehead atoms. The van der Waals surface area contributed by atoms with Crippen molar-refractivity contribution in [2.75, 3.05) is 46.0 Å². The number of nitrogens with one attached hydrogen (secondary N) is 1. The van der Waals surface area contributed by atoms with Gasteiger partial charge in [0.15, 0.2) is 0 Å². The summed E-state index contributed by atoms with van der Waals surface area (Å²) in [5, 5.41) is 3.47. The van der Waals surface area contributed by atoms with Crippen molar-refractivity contribution in [3.8, 4) is 0 Å². The van der Waals surface area contributed by atoms with E-state index in [1.807, 2.05) is 4.90 Å². The molecule has 0 spiro atoms. The summed E-state index contributed by atoms with van der Waals surface area (Å²) in [6.45, 7) is 6.15. The molecule has 3 heterocycles. The van der Waals surface area contributed by atoms with E-state index in [1.165, 1.54) is 0 Å². The van der Waals surface area contributed by atoms with Gasteiger partial charge in [0, 0.05) is 19.7 Å². The number of rotatable bonds is 5. The predicted octanol–water partition coefficient (Wildman–Crippen LogP) is 1.45. The zero-order valence-corrected chi connectivity index (χ0v) is 14.1. The van der Waals surface area contributed by atoms with E-state index in [2.05, 4.69) is 5.32 Å². The standard InChI is InChI=1S/C16H28N2O3.ClH/c19-16(5-9-20-12-15-2-1-8-21-15)18-6-3-13-10-17-11-14(13)4-7-18;/h13-15,17H,1-12H2;1H/t13-,14+,15?;. The Balaban J connectivity index is 0.00000176. The summed E-state index contributed by atoms with van der Waals surface area (Å²) in [5.41, 5.74) is 0. The molecule has 1 unspecified atom stereocenters. The number of nitrogens with zero attached hydrogens (tertiary/aromatic N) is 1. The van der Waals surface area contributed by atoms with Crippen molar-refractivity contribution in [1.82, 2.24) is 10.2 Å². The van der Waals surface area contributed by atoms with Gasteiger partial charge in [0.2, 0.25) is 5.91 Å². The maximum atomic E-state index is 12.3. The molecule has 6 heteroatoms. The van der Waals surface area contributed by atoms with Crippen molar-refractivity contribution >= 4 is 18.3 Å². The minimum atomic E-state index is 0. The highest BCUT2D eigenvalue weighted by Crippen LogP contribution is 2.27. The number of amides is 1. The highest BCUT2D eigenvalue weighted by atomic mass is 35.5. The third-order valence-corrected chi connectivity index (χ3v) is 5.16. The van der Waals surface area contributed by atoms with Gasteiger partial charge < -0.3 is 19.7 Å². The lowest BCUT2D eigenvalue weighted by Crippen LogP contribution is -2.33. The molecule has 0 aromatic rings. The number of hydrogen-bond donors (Lipinski definition) is 1. The number of ether oxygens (including phenoxy) is 2. The van der Waals surface area contributed by atoms with E-state index in [-0.39, 0.29) is 24.4 Å². The fourth-order valence-corrected chi connectivity index (χ4v) is 3.78. The second-order valence-corrected chi connectivity index (χ2v) is 6.60. The number of hydrogen-bond acceptors (Lipinski definition) is 4. The van der Waals surface area contributed by atoms with Gasteiger partial charge in [0.1, 0.15) is 0 Å². The smallest absolute Gasteiger partial charge is 0.224 e. The maximum absolute atomic E-state index is 12.3. The minimum absolute atomic E-state index is 0. The van der Waals surface area contributed by atoms with Crippen LogP contribution in [0.2, 0.25) is 0 Å². The number of carbonyl (C=O) groups is 1. The molecule has 0 aromatic heterocycles. The van der Waals surface area contributed by atoms with Gasteiger partial charge in [-0.2, -0.15) is 0 Å². The van der Waals surface area contributed by atoms with Crippen LogP contribution in [-0.2, 0) is 14.3 Å². The van der Waals surface area contributed by atoms with E-state index in [9.17, 15) is 4.79 Å². The first kappa shape index (κ1) is 18.0. The topological polar surface area (TPSA) is 50.8 Å². The summed E-state index contributed by atoms with van der Waals surface area (Å²) in [6.07, 6.45) is 5.31. The van der Waals surface area contributed by atoms with E-state index >= 15 is 0 Å². The second-order valence-electron chi connectivity index (χ2n) is 6.60. The third-order valence-electron chi connectivity index (χ3n) is 5.16. The lowest BCUT2D eigenvalue weighted by atomic mass is 9.92. The van der Waals surface area contributed by atoms with Gasteiger partial charge in [-0.15, -0.1) is 12.4 Å². The summed E-state index contributed by atoms with van der Waals surface area (Å²) in [4.78, 5) is 14.3. The molecule has 3 atom stereocenters. The molecule has 3 fully saturated rings. The molecule has 1 amide bonds. The SMILES string of the molecule is Cl.O=C(CCOCC1CCCO1)N1CC[C@@H]2CNC[C@@H]2CC1. The van der Waals surface area contributed by atoms with Gasteiger partial charge in [-0.3, -0.25) is 4.79 Å². The van der Waals surface area contributed by atoms with Crippen LogP contribution in [0.1, 0.15) is 32.1 Å². The van der Waals surface area contributed by atoms with Gasteiger partial charge in [-0.25, -0.2) is 0 Å². The summed E-state index contributed by atoms with van der Waals surface area (Å²) < 4.78 is 11.1. The van der Waals surface area contributed by atoms with Gasteiger partial charge >= 0.3 is 0 Å². The van der Waals surface area contributed by atoms with Crippen molar-refractivity contribution in [1.29, 1.82) is 0 Å². The molecule has 3 saturated heterocycles. The molecular weight excluding hydrogens is 304 g/mol. The van der Waals surface area contributed by atoms with Crippen molar-refractivity contribution in [2.45, 2.75) is 38.2 Å². The number of likely N-dealkylation sites (tertiary alicyclic amines) is 1. The summed E-state index contributed by atoms with van der Waals surface area (Å²) in [7, 11) is 0. The fourth-order valence-electron chi connectivity index (χ4n) is 3.78. The van der Waals surface area contributed by atoms with Crippen LogP contribution in [0.5, 0.6) is 0 Å². The Bertz CT molecular complexity index is 336. The average molecular weight is 333 g/mol. The van der Waals surface area contributed by atoms with Gasteiger partial charge in [0.25, 0.3) is 0 Å². The number of carbonyl (C=O) groups excluding carboxylic acids is 1. The quantitative estimate of drug-likeness (QED) is 0.774. The molecule has 5 nitrogen and oxygen atoms in total. The van der Waals surface area contributed by atoms with Gasteiger partial charge in [-0.1, -0.05) is 0 Å². The van der Waals surface area contributed by atoms with Crippen LogP contribution >= 0.6 is 12.4 Å². The van der Waals surface area contributed by atoms with E-state index in [4.69, 9.17) is 9.47 Å². The Morgan fingerprint density at radius 2 is 1.91 bits per heavy atom. The first-order valence-electron chi connectivity index (χ1n) is 8.51. The first-order chi connectivity index (χ1) is 10.3. The Kier molecular flexibility index (Phi) is 7.41. The van der Waals surface area contributed by atoms with Crippen molar-refractivity contribution in [3.63, 3.8) is 0 Å². The lowest BCUT2D eigenvalue weighted by molar-refractivity contribution is -0.132. The first-order valence-corrected chi connectivity index (χ1v) is 8.51. The van der Waals surface area contributed by atoms with Crippen LogP contribution in [0, 0.1) is 11.8 Å². The van der Waals surface area contributed by atoms with Gasteiger partial charge in [0.05, 0.1) is 25.7 Å². The molecule has 0 aliphatic carbocycles. The molecule has 3 aliphatic heterocycles. The van der Waals surface area contributed by atoms with Gasteiger partial charge in [-0.05, 0) is 50.6 Å². The largest absolute Gasteiger partial charge is 0.378 e. The number of fused-ring (bicyclic) bond motifs is 1. The van der Waals surface area contributed by atoms with Crippen LogP contribution in [-0.4, -0.2) is 62.9 Å². The highest BCUT2D eigenvalue weighted by Gasteiger charge is 2.31. The second kappa shape index (κ2) is 9.06. The number of halogens is 1. The lowest BCUT2D eigenvalue weighted by Gasteiger charge is -2.21. The molecule has 3 rings (SSSR count). The Morgan fingerprint density at radius 3 is 2.55 bits per heavy atom.